The van der Waals surface area contributed by atoms with E-state index in [0.29, 0.717) is 22.5 Å². The summed E-state index contributed by atoms with van der Waals surface area (Å²) in [5.41, 5.74) is 3.63. The molecule has 2 aromatic heterocycles. The number of hydrogen-bond donors (Lipinski definition) is 1. The number of benzene rings is 1. The Labute approximate surface area is 167 Å². The van der Waals surface area contributed by atoms with E-state index in [1.165, 1.54) is 7.05 Å². The van der Waals surface area contributed by atoms with Gasteiger partial charge in [0.05, 0.1) is 23.2 Å². The minimum absolute atomic E-state index is 0.0223. The van der Waals surface area contributed by atoms with Crippen molar-refractivity contribution >= 4 is 23.5 Å². The molecule has 0 aliphatic carbocycles. The number of imide groups is 1. The zero-order chi connectivity index (χ0) is 20.5. The van der Waals surface area contributed by atoms with E-state index in [4.69, 9.17) is 0 Å². The van der Waals surface area contributed by atoms with Gasteiger partial charge < -0.3 is 5.32 Å². The average Bonchev–Trinajstić information content (AvgIpc) is 2.95. The fraction of sp³-hybridized carbons (Fsp3) is 0.136. The molecule has 0 radical (unpaired) electrons. The normalized spacial score (nSPS) is 12.8. The number of carbonyl (C=O) groups is 3. The second-order valence-corrected chi connectivity index (χ2v) is 6.82. The van der Waals surface area contributed by atoms with Gasteiger partial charge in [-0.25, -0.2) is 4.98 Å². The molecule has 29 heavy (non-hydrogen) atoms. The molecule has 4 rings (SSSR count). The highest BCUT2D eigenvalue weighted by Gasteiger charge is 2.35. The van der Waals surface area contributed by atoms with Crippen LogP contribution in [0, 0.1) is 6.92 Å². The minimum Gasteiger partial charge on any atom is -0.310 e. The van der Waals surface area contributed by atoms with Crippen LogP contribution in [0.25, 0.3) is 11.3 Å². The first-order valence-corrected chi connectivity index (χ1v) is 9.08. The predicted molar refractivity (Wildman–Crippen MR) is 107 cm³/mol. The lowest BCUT2D eigenvalue weighted by Crippen LogP contribution is -2.25. The molecule has 3 amide bonds. The van der Waals surface area contributed by atoms with Crippen molar-refractivity contribution in [3.8, 4) is 11.3 Å². The molecule has 1 aromatic carbocycles. The fourth-order valence-corrected chi connectivity index (χ4v) is 3.34. The summed E-state index contributed by atoms with van der Waals surface area (Å²) in [4.78, 5) is 46.8. The van der Waals surface area contributed by atoms with Gasteiger partial charge in [0.25, 0.3) is 11.8 Å². The van der Waals surface area contributed by atoms with Crippen molar-refractivity contribution in [1.82, 2.24) is 14.9 Å². The second kappa shape index (κ2) is 7.27. The van der Waals surface area contributed by atoms with Gasteiger partial charge in [0.15, 0.2) is 0 Å². The van der Waals surface area contributed by atoms with Crippen LogP contribution in [0.2, 0.25) is 0 Å². The zero-order valence-corrected chi connectivity index (χ0v) is 16.0. The molecule has 0 bridgehead atoms. The molecule has 7 nitrogen and oxygen atoms in total. The Morgan fingerprint density at radius 2 is 1.86 bits per heavy atom. The van der Waals surface area contributed by atoms with Gasteiger partial charge in [-0.15, -0.1) is 0 Å². The number of anilines is 1. The van der Waals surface area contributed by atoms with Gasteiger partial charge in [-0.2, -0.15) is 0 Å². The SMILES string of the molecule is Cc1ccc2c(c1CC(=O)Nc1ccc(-c3ccccn3)cn1)C(=O)N(C)C2=O. The highest BCUT2D eigenvalue weighted by atomic mass is 16.2. The number of nitrogens with one attached hydrogen (secondary N) is 1. The van der Waals surface area contributed by atoms with Crippen LogP contribution in [0.15, 0.2) is 54.9 Å². The molecule has 0 saturated carbocycles. The molecule has 0 unspecified atom stereocenters. The van der Waals surface area contributed by atoms with Crippen molar-refractivity contribution in [1.29, 1.82) is 0 Å². The molecule has 7 heteroatoms. The molecule has 3 heterocycles. The van der Waals surface area contributed by atoms with Crippen LogP contribution in [-0.2, 0) is 11.2 Å². The number of nitrogens with zero attached hydrogens (tertiary/aromatic N) is 3. The minimum atomic E-state index is -0.380. The van der Waals surface area contributed by atoms with Gasteiger partial charge >= 0.3 is 0 Å². The molecule has 0 atom stereocenters. The maximum absolute atomic E-state index is 12.6. The third-order valence-electron chi connectivity index (χ3n) is 4.93. The predicted octanol–water partition coefficient (Wildman–Crippen LogP) is 2.86. The molecule has 144 valence electrons. The Morgan fingerprint density at radius 1 is 1.03 bits per heavy atom. The summed E-state index contributed by atoms with van der Waals surface area (Å²) in [7, 11) is 1.44. The Morgan fingerprint density at radius 3 is 2.55 bits per heavy atom. The van der Waals surface area contributed by atoms with Crippen LogP contribution in [0.5, 0.6) is 0 Å². The van der Waals surface area contributed by atoms with Gasteiger partial charge in [-0.1, -0.05) is 12.1 Å². The summed E-state index contributed by atoms with van der Waals surface area (Å²) in [5.74, 6) is -0.637. The van der Waals surface area contributed by atoms with Gasteiger partial charge in [0.2, 0.25) is 5.91 Å². The first-order chi connectivity index (χ1) is 14.0. The van der Waals surface area contributed by atoms with Gasteiger partial charge in [0, 0.05) is 25.0 Å². The molecule has 0 spiro atoms. The van der Waals surface area contributed by atoms with E-state index in [0.717, 1.165) is 21.7 Å². The number of aryl methyl sites for hydroxylation is 1. The van der Waals surface area contributed by atoms with Crippen molar-refractivity contribution in [3.63, 3.8) is 0 Å². The maximum Gasteiger partial charge on any atom is 0.261 e. The largest absolute Gasteiger partial charge is 0.310 e. The van der Waals surface area contributed by atoms with Crippen LogP contribution in [0.3, 0.4) is 0 Å². The first-order valence-electron chi connectivity index (χ1n) is 9.08. The standard InChI is InChI=1S/C22H18N4O3/c1-13-6-8-15-20(22(29)26(2)21(15)28)16(13)11-19(27)25-18-9-7-14(12-24-18)17-5-3-4-10-23-17/h3-10,12H,11H2,1-2H3,(H,24,25,27). The van der Waals surface area contributed by atoms with Crippen LogP contribution in [0.1, 0.15) is 31.8 Å². The van der Waals surface area contributed by atoms with Crippen LogP contribution < -0.4 is 5.32 Å². The van der Waals surface area contributed by atoms with Crippen LogP contribution in [-0.4, -0.2) is 39.6 Å². The van der Waals surface area contributed by atoms with Crippen molar-refractivity contribution in [2.75, 3.05) is 12.4 Å². The van der Waals surface area contributed by atoms with Gasteiger partial charge in [0.1, 0.15) is 5.82 Å². The van der Waals surface area contributed by atoms with Crippen molar-refractivity contribution in [3.05, 3.63) is 77.1 Å². The molecule has 1 N–H and O–H groups in total. The van der Waals surface area contributed by atoms with Gasteiger partial charge in [-0.3, -0.25) is 24.3 Å². The summed E-state index contributed by atoms with van der Waals surface area (Å²) in [6.45, 7) is 1.82. The van der Waals surface area contributed by atoms with E-state index in [1.807, 2.05) is 31.2 Å². The molecule has 1 aliphatic rings. The lowest BCUT2D eigenvalue weighted by atomic mass is 9.95. The van der Waals surface area contributed by atoms with Crippen LogP contribution in [0.4, 0.5) is 5.82 Å². The Kier molecular flexibility index (Phi) is 4.64. The summed E-state index contributed by atoms with van der Waals surface area (Å²) in [6, 6.07) is 12.5. The zero-order valence-electron chi connectivity index (χ0n) is 16.0. The topological polar surface area (TPSA) is 92.3 Å². The summed E-state index contributed by atoms with van der Waals surface area (Å²) >= 11 is 0. The van der Waals surface area contributed by atoms with Crippen molar-refractivity contribution in [2.45, 2.75) is 13.3 Å². The molecule has 0 saturated heterocycles. The molecule has 1 aliphatic heterocycles. The third-order valence-corrected chi connectivity index (χ3v) is 4.93. The van der Waals surface area contributed by atoms with E-state index in [-0.39, 0.29) is 24.1 Å². The number of aromatic nitrogens is 2. The monoisotopic (exact) mass is 386 g/mol. The lowest BCUT2D eigenvalue weighted by Gasteiger charge is -2.11. The number of pyridine rings is 2. The van der Waals surface area contributed by atoms with E-state index in [1.54, 1.807) is 30.6 Å². The highest BCUT2D eigenvalue weighted by molar-refractivity contribution is 6.22. The van der Waals surface area contributed by atoms with Gasteiger partial charge in [-0.05, 0) is 48.4 Å². The Balaban J connectivity index is 1.53. The second-order valence-electron chi connectivity index (χ2n) is 6.82. The summed E-state index contributed by atoms with van der Waals surface area (Å²) in [5, 5.41) is 2.74. The summed E-state index contributed by atoms with van der Waals surface area (Å²) < 4.78 is 0. The first kappa shape index (κ1) is 18.5. The maximum atomic E-state index is 12.6. The number of fused-ring (bicyclic) bond motifs is 1. The van der Waals surface area contributed by atoms with Crippen molar-refractivity contribution < 1.29 is 14.4 Å². The number of hydrogen-bond acceptors (Lipinski definition) is 5. The average molecular weight is 386 g/mol. The lowest BCUT2D eigenvalue weighted by molar-refractivity contribution is -0.115. The fourth-order valence-electron chi connectivity index (χ4n) is 3.34. The number of amides is 3. The summed E-state index contributed by atoms with van der Waals surface area (Å²) in [6.07, 6.45) is 3.32. The Hall–Kier alpha value is -3.87. The third kappa shape index (κ3) is 3.38. The smallest absolute Gasteiger partial charge is 0.261 e. The van der Waals surface area contributed by atoms with E-state index in [2.05, 4.69) is 15.3 Å². The van der Waals surface area contributed by atoms with Crippen molar-refractivity contribution in [2.24, 2.45) is 0 Å². The molecule has 3 aromatic rings. The van der Waals surface area contributed by atoms with E-state index in [9.17, 15) is 14.4 Å². The number of carbonyl (C=O) groups excluding carboxylic acids is 3. The molecular weight excluding hydrogens is 368 g/mol. The van der Waals surface area contributed by atoms with E-state index >= 15 is 0 Å². The van der Waals surface area contributed by atoms with E-state index < -0.39 is 0 Å². The Bertz CT molecular complexity index is 1120. The quantitative estimate of drug-likeness (QED) is 0.696. The molecule has 0 fully saturated rings. The molecular formula is C22H18N4O3. The highest BCUT2D eigenvalue weighted by Crippen LogP contribution is 2.28. The van der Waals surface area contributed by atoms with Crippen LogP contribution >= 0.6 is 0 Å². The number of rotatable bonds is 4.